The number of benzene rings is 3. The van der Waals surface area contributed by atoms with Crippen molar-refractivity contribution in [1.82, 2.24) is 0 Å². The number of piperidine rings is 1. The number of ether oxygens (including phenoxy) is 4. The summed E-state index contributed by atoms with van der Waals surface area (Å²) >= 11 is 3.82. The topological polar surface area (TPSA) is 40.2 Å². The van der Waals surface area contributed by atoms with Crippen LogP contribution in [0.1, 0.15) is 54.4 Å². The molecule has 2 aliphatic carbocycles. The smallest absolute Gasteiger partial charge is 0.188 e. The lowest BCUT2D eigenvalue weighted by Gasteiger charge is -2.54. The van der Waals surface area contributed by atoms with Gasteiger partial charge in [-0.05, 0) is 84.9 Å². The Balaban J connectivity index is 1.20. The van der Waals surface area contributed by atoms with Crippen molar-refractivity contribution in [3.05, 3.63) is 93.2 Å². The van der Waals surface area contributed by atoms with Gasteiger partial charge in [-0.1, -0.05) is 52.3 Å². The molecule has 2 fully saturated rings. The van der Waals surface area contributed by atoms with E-state index in [-0.39, 0.29) is 12.1 Å². The quantitative estimate of drug-likeness (QED) is 0.222. The minimum absolute atomic E-state index is 0.130. The Hall–Kier alpha value is -2.87. The molecule has 5 nitrogen and oxygen atoms in total. The van der Waals surface area contributed by atoms with Gasteiger partial charge in [-0.25, -0.2) is 4.39 Å². The number of nitrogens with zero attached hydrogens (tertiary/aromatic N) is 1. The molecule has 6 rings (SSSR count). The van der Waals surface area contributed by atoms with E-state index in [9.17, 15) is 0 Å². The van der Waals surface area contributed by atoms with Gasteiger partial charge in [-0.15, -0.1) is 0 Å². The molecule has 3 aromatic rings. The Kier molecular flexibility index (Phi) is 8.62. The summed E-state index contributed by atoms with van der Waals surface area (Å²) in [6.45, 7) is 2.18. The Morgan fingerprint density at radius 1 is 0.929 bits per heavy atom. The molecule has 1 saturated carbocycles. The van der Waals surface area contributed by atoms with Gasteiger partial charge in [-0.2, -0.15) is 0 Å². The molecule has 42 heavy (non-hydrogen) atoms. The standard InChI is InChI=1S/C35H39BrFNO4/c1-39-33-28(12-14-30(32(33)37)38-17-15-35(16-18-38)20-25(21-35)34(40-2)41-3)31-27-11-10-26(19-24(27)9-13-29(31)36)42-22-23-7-5-4-6-8-23/h4-8,10-12,14,19,25,34H,9,13,15-18,20-22H2,1-3H3. The second-order valence-corrected chi connectivity index (χ2v) is 12.8. The van der Waals surface area contributed by atoms with E-state index in [1.165, 1.54) is 5.56 Å². The van der Waals surface area contributed by atoms with Gasteiger partial charge in [0.05, 0.1) is 12.8 Å². The van der Waals surface area contributed by atoms with Crippen LogP contribution in [0.4, 0.5) is 10.1 Å². The normalized spacial score (nSPS) is 18.3. The fraction of sp³-hybridized carbons (Fsp3) is 0.429. The first kappa shape index (κ1) is 29.2. The first-order valence-corrected chi connectivity index (χ1v) is 15.6. The maximum atomic E-state index is 16.2. The molecule has 1 spiro atoms. The van der Waals surface area contributed by atoms with E-state index in [1.807, 2.05) is 36.4 Å². The SMILES string of the molecule is COc1c(C2=C(Br)CCc3cc(OCc4ccccc4)ccc32)ccc(N2CCC3(CC2)CC(C(OC)OC)C3)c1F. The van der Waals surface area contributed by atoms with Crippen molar-refractivity contribution in [3.8, 4) is 11.5 Å². The van der Waals surface area contributed by atoms with Crippen molar-refractivity contribution < 1.29 is 23.3 Å². The van der Waals surface area contributed by atoms with Gasteiger partial charge in [0.15, 0.2) is 17.9 Å². The first-order valence-electron chi connectivity index (χ1n) is 14.8. The molecule has 0 bridgehead atoms. The molecule has 3 aliphatic rings. The van der Waals surface area contributed by atoms with Crippen molar-refractivity contribution >= 4 is 27.2 Å². The predicted octanol–water partition coefficient (Wildman–Crippen LogP) is 8.13. The summed E-state index contributed by atoms with van der Waals surface area (Å²) in [4.78, 5) is 2.18. The molecule has 0 amide bonds. The summed E-state index contributed by atoms with van der Waals surface area (Å²) in [5.74, 6) is 1.28. The largest absolute Gasteiger partial charge is 0.493 e. The lowest BCUT2D eigenvalue weighted by Crippen LogP contribution is -2.50. The van der Waals surface area contributed by atoms with Gasteiger partial charge in [0.25, 0.3) is 0 Å². The number of anilines is 1. The Morgan fingerprint density at radius 2 is 1.64 bits per heavy atom. The molecule has 1 heterocycles. The van der Waals surface area contributed by atoms with Gasteiger partial charge >= 0.3 is 0 Å². The molecular weight excluding hydrogens is 597 g/mol. The third-order valence-electron chi connectivity index (χ3n) is 9.43. The molecule has 1 aliphatic heterocycles. The van der Waals surface area contributed by atoms with Crippen molar-refractivity contribution in [1.29, 1.82) is 0 Å². The Bertz CT molecular complexity index is 1440. The molecule has 1 saturated heterocycles. The van der Waals surface area contributed by atoms with Crippen molar-refractivity contribution in [2.45, 2.75) is 51.4 Å². The third kappa shape index (κ3) is 5.59. The monoisotopic (exact) mass is 635 g/mol. The van der Waals surface area contributed by atoms with Gasteiger partial charge in [0.1, 0.15) is 12.4 Å². The zero-order valence-corrected chi connectivity index (χ0v) is 26.2. The summed E-state index contributed by atoms with van der Waals surface area (Å²) in [5.41, 5.74) is 6.09. The summed E-state index contributed by atoms with van der Waals surface area (Å²) in [7, 11) is 4.98. The zero-order valence-electron chi connectivity index (χ0n) is 24.6. The fourth-order valence-electron chi connectivity index (χ4n) is 7.20. The highest BCUT2D eigenvalue weighted by atomic mass is 79.9. The van der Waals surface area contributed by atoms with E-state index in [4.69, 9.17) is 18.9 Å². The number of rotatable bonds is 9. The van der Waals surface area contributed by atoms with Crippen LogP contribution < -0.4 is 14.4 Å². The van der Waals surface area contributed by atoms with Gasteiger partial charge in [0.2, 0.25) is 0 Å². The van der Waals surface area contributed by atoms with Crippen LogP contribution in [0, 0.1) is 17.2 Å². The van der Waals surface area contributed by atoms with E-state index in [2.05, 4.69) is 45.1 Å². The van der Waals surface area contributed by atoms with E-state index >= 15 is 4.39 Å². The Labute approximate surface area is 256 Å². The highest BCUT2D eigenvalue weighted by Crippen LogP contribution is 2.55. The summed E-state index contributed by atoms with van der Waals surface area (Å²) in [5, 5.41) is 0. The molecule has 0 N–H and O–H groups in total. The minimum Gasteiger partial charge on any atom is -0.493 e. The molecule has 0 aromatic heterocycles. The van der Waals surface area contributed by atoms with Crippen LogP contribution >= 0.6 is 15.9 Å². The van der Waals surface area contributed by atoms with Crippen LogP contribution in [-0.2, 0) is 22.5 Å². The lowest BCUT2D eigenvalue weighted by molar-refractivity contribution is -0.184. The second-order valence-electron chi connectivity index (χ2n) is 11.8. The number of allylic oxidation sites excluding steroid dienone is 1. The predicted molar refractivity (Wildman–Crippen MR) is 168 cm³/mol. The molecular formula is C35H39BrFNO4. The molecule has 3 aromatic carbocycles. The molecule has 0 unspecified atom stereocenters. The molecule has 7 heteroatoms. The third-order valence-corrected chi connectivity index (χ3v) is 10.2. The van der Waals surface area contributed by atoms with Gasteiger partial charge < -0.3 is 23.8 Å². The number of hydrogen-bond donors (Lipinski definition) is 0. The van der Waals surface area contributed by atoms with E-state index in [1.54, 1.807) is 21.3 Å². The summed E-state index contributed by atoms with van der Waals surface area (Å²) in [6, 6.07) is 20.3. The summed E-state index contributed by atoms with van der Waals surface area (Å²) < 4.78 is 40.1. The van der Waals surface area contributed by atoms with Crippen LogP contribution in [0.2, 0.25) is 0 Å². The van der Waals surface area contributed by atoms with E-state index in [0.29, 0.717) is 29.4 Å². The number of fused-ring (bicyclic) bond motifs is 1. The lowest BCUT2D eigenvalue weighted by atomic mass is 9.57. The highest BCUT2D eigenvalue weighted by molar-refractivity contribution is 9.11. The van der Waals surface area contributed by atoms with Gasteiger partial charge in [0, 0.05) is 48.8 Å². The van der Waals surface area contributed by atoms with Crippen LogP contribution in [0.15, 0.2) is 65.1 Å². The highest BCUT2D eigenvalue weighted by Gasteiger charge is 2.49. The first-order chi connectivity index (χ1) is 20.4. The maximum Gasteiger partial charge on any atom is 0.188 e. The number of aryl methyl sites for hydroxylation is 1. The fourth-order valence-corrected chi connectivity index (χ4v) is 7.83. The maximum absolute atomic E-state index is 16.2. The van der Waals surface area contributed by atoms with Crippen molar-refractivity contribution in [2.75, 3.05) is 39.3 Å². The second kappa shape index (κ2) is 12.4. The van der Waals surface area contributed by atoms with Crippen LogP contribution in [0.3, 0.4) is 0 Å². The van der Waals surface area contributed by atoms with Crippen molar-refractivity contribution in [3.63, 3.8) is 0 Å². The number of hydrogen-bond acceptors (Lipinski definition) is 5. The average Bonchev–Trinajstić information content (AvgIpc) is 3.00. The number of methoxy groups -OCH3 is 3. The van der Waals surface area contributed by atoms with E-state index in [0.717, 1.165) is 84.1 Å². The molecule has 0 atom stereocenters. The van der Waals surface area contributed by atoms with Crippen LogP contribution in [0.25, 0.3) is 5.57 Å². The van der Waals surface area contributed by atoms with E-state index < -0.39 is 0 Å². The number of halogens is 2. The Morgan fingerprint density at radius 3 is 2.33 bits per heavy atom. The van der Waals surface area contributed by atoms with Crippen LogP contribution in [-0.4, -0.2) is 40.7 Å². The molecule has 0 radical (unpaired) electrons. The minimum atomic E-state index is -0.293. The van der Waals surface area contributed by atoms with Crippen LogP contribution in [0.5, 0.6) is 11.5 Å². The zero-order chi connectivity index (χ0) is 29.3. The van der Waals surface area contributed by atoms with Gasteiger partial charge in [-0.3, -0.25) is 0 Å². The average molecular weight is 637 g/mol. The molecule has 222 valence electrons. The van der Waals surface area contributed by atoms with Crippen molar-refractivity contribution in [2.24, 2.45) is 11.3 Å². The summed E-state index contributed by atoms with van der Waals surface area (Å²) in [6.07, 6.45) is 5.90.